The van der Waals surface area contributed by atoms with Gasteiger partial charge in [-0.15, -0.1) is 0 Å². The summed E-state index contributed by atoms with van der Waals surface area (Å²) in [6.07, 6.45) is 1.83. The lowest BCUT2D eigenvalue weighted by molar-refractivity contribution is 0.866. The average Bonchev–Trinajstić information content (AvgIpc) is 2.82. The molecule has 0 saturated heterocycles. The number of halogens is 1. The van der Waals surface area contributed by atoms with Gasteiger partial charge in [0.2, 0.25) is 0 Å². The molecule has 31 heavy (non-hydrogen) atoms. The lowest BCUT2D eigenvalue weighted by Gasteiger charge is -2.22. The lowest BCUT2D eigenvalue weighted by atomic mass is 10.1. The molecule has 0 saturated carbocycles. The van der Waals surface area contributed by atoms with Crippen LogP contribution < -0.4 is 9.91 Å². The van der Waals surface area contributed by atoms with Crippen molar-refractivity contribution in [3.8, 4) is 0 Å². The molecule has 4 rings (SSSR count). The van der Waals surface area contributed by atoms with Crippen molar-refractivity contribution in [2.24, 2.45) is 5.10 Å². The minimum atomic E-state index is 0.694. The summed E-state index contributed by atoms with van der Waals surface area (Å²) in [6, 6.07) is 31.0. The molecule has 0 atom stereocenters. The van der Waals surface area contributed by atoms with E-state index in [1.54, 1.807) is 0 Å². The highest BCUT2D eigenvalue weighted by molar-refractivity contribution is 6.33. The molecule has 4 aromatic carbocycles. The molecular weight excluding hydrogens is 402 g/mol. The second-order valence-electron chi connectivity index (χ2n) is 7.30. The second-order valence-corrected chi connectivity index (χ2v) is 7.71. The van der Waals surface area contributed by atoms with Crippen molar-refractivity contribution >= 4 is 45.7 Å². The summed E-state index contributed by atoms with van der Waals surface area (Å²) in [5, 5.41) is 9.85. The van der Waals surface area contributed by atoms with Crippen molar-refractivity contribution in [3.63, 3.8) is 0 Å². The summed E-state index contributed by atoms with van der Waals surface area (Å²) >= 11 is 6.60. The van der Waals surface area contributed by atoms with Crippen LogP contribution in [0.5, 0.6) is 0 Å². The number of rotatable bonds is 7. The number of hydrazone groups is 1. The maximum absolute atomic E-state index is 6.60. The van der Waals surface area contributed by atoms with Gasteiger partial charge in [0.05, 0.1) is 22.6 Å². The van der Waals surface area contributed by atoms with Gasteiger partial charge in [-0.25, -0.2) is 5.01 Å². The first-order valence-electron chi connectivity index (χ1n) is 10.6. The number of anilines is 3. The normalized spacial score (nSPS) is 11.2. The molecule has 0 aliphatic carbocycles. The molecule has 0 aliphatic heterocycles. The smallest absolute Gasteiger partial charge is 0.0659 e. The fourth-order valence-corrected chi connectivity index (χ4v) is 3.91. The molecular formula is C27H26ClN3. The Hall–Kier alpha value is -3.30. The highest BCUT2D eigenvalue weighted by Gasteiger charge is 2.10. The quantitative estimate of drug-likeness (QED) is 0.224. The Morgan fingerprint density at radius 1 is 0.710 bits per heavy atom. The van der Waals surface area contributed by atoms with Crippen LogP contribution in [0.25, 0.3) is 10.8 Å². The van der Waals surface area contributed by atoms with E-state index in [0.29, 0.717) is 5.02 Å². The fourth-order valence-electron chi connectivity index (χ4n) is 3.69. The van der Waals surface area contributed by atoms with Gasteiger partial charge in [-0.1, -0.05) is 60.1 Å². The third kappa shape index (κ3) is 4.73. The zero-order chi connectivity index (χ0) is 21.6. The third-order valence-corrected chi connectivity index (χ3v) is 5.73. The SMILES string of the molecule is CCN(CC)c1ccc(/C=N\N(c2ccccc2)c2ccc3ccccc3c2)c(Cl)c1. The van der Waals surface area contributed by atoms with Crippen molar-refractivity contribution in [1.82, 2.24) is 0 Å². The van der Waals surface area contributed by atoms with E-state index in [-0.39, 0.29) is 0 Å². The van der Waals surface area contributed by atoms with Gasteiger partial charge in [-0.05, 0) is 67.1 Å². The number of nitrogens with zero attached hydrogens (tertiary/aromatic N) is 3. The largest absolute Gasteiger partial charge is 0.372 e. The van der Waals surface area contributed by atoms with Crippen LogP contribution in [-0.2, 0) is 0 Å². The molecule has 0 fully saturated rings. The van der Waals surface area contributed by atoms with Gasteiger partial charge in [-0.2, -0.15) is 5.10 Å². The number of hydrogen-bond acceptors (Lipinski definition) is 3. The van der Waals surface area contributed by atoms with Crippen molar-refractivity contribution in [3.05, 3.63) is 102 Å². The molecule has 0 spiro atoms. The van der Waals surface area contributed by atoms with Crippen LogP contribution in [0, 0.1) is 0 Å². The van der Waals surface area contributed by atoms with Crippen molar-refractivity contribution in [2.75, 3.05) is 23.0 Å². The molecule has 156 valence electrons. The Morgan fingerprint density at radius 3 is 2.10 bits per heavy atom. The molecule has 0 bridgehead atoms. The standard InChI is InChI=1S/C27H26ClN3/c1-3-30(4-2)25-16-15-23(27(28)19-25)20-29-31(24-12-6-5-7-13-24)26-17-14-21-10-8-9-11-22(21)18-26/h5-20H,3-4H2,1-2H3/b29-20-. The van der Waals surface area contributed by atoms with E-state index in [1.807, 2.05) is 41.6 Å². The van der Waals surface area contributed by atoms with E-state index in [4.69, 9.17) is 16.7 Å². The summed E-state index contributed by atoms with van der Waals surface area (Å²) in [7, 11) is 0. The molecule has 0 unspecified atom stereocenters. The Labute approximate surface area is 189 Å². The molecule has 0 aromatic heterocycles. The minimum Gasteiger partial charge on any atom is -0.372 e. The van der Waals surface area contributed by atoms with E-state index < -0.39 is 0 Å². The first-order chi connectivity index (χ1) is 15.2. The fraction of sp³-hybridized carbons (Fsp3) is 0.148. The van der Waals surface area contributed by atoms with E-state index in [2.05, 4.69) is 79.4 Å². The predicted octanol–water partition coefficient (Wildman–Crippen LogP) is 7.51. The summed E-state index contributed by atoms with van der Waals surface area (Å²) in [5.41, 5.74) is 4.00. The molecule has 4 heteroatoms. The zero-order valence-corrected chi connectivity index (χ0v) is 18.6. The van der Waals surface area contributed by atoms with Crippen LogP contribution >= 0.6 is 11.6 Å². The summed E-state index contributed by atoms with van der Waals surface area (Å²) < 4.78 is 0. The van der Waals surface area contributed by atoms with E-state index in [0.717, 1.165) is 35.7 Å². The Bertz CT molecular complexity index is 1180. The van der Waals surface area contributed by atoms with Crippen LogP contribution in [0.4, 0.5) is 17.1 Å². The number of hydrogen-bond donors (Lipinski definition) is 0. The molecule has 0 N–H and O–H groups in total. The zero-order valence-electron chi connectivity index (χ0n) is 17.9. The lowest BCUT2D eigenvalue weighted by Crippen LogP contribution is -2.21. The van der Waals surface area contributed by atoms with Gasteiger partial charge < -0.3 is 4.90 Å². The van der Waals surface area contributed by atoms with E-state index >= 15 is 0 Å². The van der Waals surface area contributed by atoms with Gasteiger partial charge in [-0.3, -0.25) is 0 Å². The maximum Gasteiger partial charge on any atom is 0.0659 e. The second kappa shape index (κ2) is 9.67. The van der Waals surface area contributed by atoms with E-state index in [9.17, 15) is 0 Å². The van der Waals surface area contributed by atoms with Crippen molar-refractivity contribution in [1.29, 1.82) is 0 Å². The van der Waals surface area contributed by atoms with Gasteiger partial charge in [0.25, 0.3) is 0 Å². The first kappa shape index (κ1) is 21.0. The van der Waals surface area contributed by atoms with Crippen LogP contribution in [0.2, 0.25) is 5.02 Å². The Kier molecular flexibility index (Phi) is 6.54. The Balaban J connectivity index is 1.70. The first-order valence-corrected chi connectivity index (χ1v) is 11.0. The van der Waals surface area contributed by atoms with E-state index in [1.165, 1.54) is 10.8 Å². The molecule has 0 radical (unpaired) electrons. The average molecular weight is 428 g/mol. The van der Waals surface area contributed by atoms with Crippen LogP contribution in [0.15, 0.2) is 96.1 Å². The maximum atomic E-state index is 6.60. The minimum absolute atomic E-state index is 0.694. The van der Waals surface area contributed by atoms with Crippen molar-refractivity contribution < 1.29 is 0 Å². The van der Waals surface area contributed by atoms with Crippen LogP contribution in [0.1, 0.15) is 19.4 Å². The molecule has 0 amide bonds. The summed E-state index contributed by atoms with van der Waals surface area (Å²) in [4.78, 5) is 2.28. The third-order valence-electron chi connectivity index (χ3n) is 5.40. The predicted molar refractivity (Wildman–Crippen MR) is 135 cm³/mol. The number of benzene rings is 4. The number of para-hydroxylation sites is 1. The van der Waals surface area contributed by atoms with Crippen LogP contribution in [0.3, 0.4) is 0 Å². The Morgan fingerprint density at radius 2 is 1.39 bits per heavy atom. The number of fused-ring (bicyclic) bond motifs is 1. The molecule has 4 aromatic rings. The molecule has 0 aliphatic rings. The van der Waals surface area contributed by atoms with Gasteiger partial charge in [0.15, 0.2) is 0 Å². The summed E-state index contributed by atoms with van der Waals surface area (Å²) in [5.74, 6) is 0. The highest BCUT2D eigenvalue weighted by atomic mass is 35.5. The highest BCUT2D eigenvalue weighted by Crippen LogP contribution is 2.29. The van der Waals surface area contributed by atoms with Gasteiger partial charge in [0.1, 0.15) is 0 Å². The van der Waals surface area contributed by atoms with Gasteiger partial charge >= 0.3 is 0 Å². The van der Waals surface area contributed by atoms with Gasteiger partial charge in [0, 0.05) is 24.3 Å². The van der Waals surface area contributed by atoms with Crippen LogP contribution in [-0.4, -0.2) is 19.3 Å². The monoisotopic (exact) mass is 427 g/mol. The van der Waals surface area contributed by atoms with Crippen molar-refractivity contribution in [2.45, 2.75) is 13.8 Å². The molecule has 0 heterocycles. The topological polar surface area (TPSA) is 18.8 Å². The molecule has 3 nitrogen and oxygen atoms in total. The summed E-state index contributed by atoms with van der Waals surface area (Å²) in [6.45, 7) is 6.19.